The lowest BCUT2D eigenvalue weighted by molar-refractivity contribution is 1.18. The minimum atomic E-state index is 0.715. The number of thiophene rings is 1. The van der Waals surface area contributed by atoms with Crippen LogP contribution in [0, 0.1) is 0 Å². The molecule has 0 bridgehead atoms. The Bertz CT molecular complexity index is 2800. The van der Waals surface area contributed by atoms with Crippen LogP contribution in [0.5, 0.6) is 0 Å². The molecule has 4 heteroatoms. The van der Waals surface area contributed by atoms with E-state index in [2.05, 4.69) is 168 Å². The molecule has 50 heavy (non-hydrogen) atoms. The molecule has 3 heterocycles. The monoisotopic (exact) mass is 655 g/mol. The van der Waals surface area contributed by atoms with E-state index in [1.807, 2.05) is 23.5 Å². The maximum atomic E-state index is 5.21. The minimum absolute atomic E-state index is 0.715. The van der Waals surface area contributed by atoms with E-state index in [1.54, 1.807) is 0 Å². The van der Waals surface area contributed by atoms with Crippen molar-refractivity contribution in [3.8, 4) is 50.7 Å². The van der Waals surface area contributed by atoms with Crippen molar-refractivity contribution in [1.82, 2.24) is 14.5 Å². The van der Waals surface area contributed by atoms with Gasteiger partial charge in [0, 0.05) is 53.3 Å². The summed E-state index contributed by atoms with van der Waals surface area (Å²) in [5.41, 5.74) is 10.8. The fraction of sp³-hybridized carbons (Fsp3) is 0. The van der Waals surface area contributed by atoms with Gasteiger partial charge in [-0.1, -0.05) is 121 Å². The zero-order valence-electron chi connectivity index (χ0n) is 27.0. The maximum Gasteiger partial charge on any atom is 0.160 e. The fourth-order valence-corrected chi connectivity index (χ4v) is 8.47. The maximum absolute atomic E-state index is 5.21. The van der Waals surface area contributed by atoms with Crippen molar-refractivity contribution in [2.45, 2.75) is 0 Å². The average molecular weight is 656 g/mol. The molecule has 0 atom stereocenters. The molecule has 10 rings (SSSR count). The fourth-order valence-electron chi connectivity index (χ4n) is 7.30. The van der Waals surface area contributed by atoms with E-state index >= 15 is 0 Å². The largest absolute Gasteiger partial charge is 0.309 e. The molecule has 0 unspecified atom stereocenters. The predicted octanol–water partition coefficient (Wildman–Crippen LogP) is 12.6. The normalized spacial score (nSPS) is 11.6. The van der Waals surface area contributed by atoms with Crippen LogP contribution in [0.15, 0.2) is 176 Å². The van der Waals surface area contributed by atoms with Crippen LogP contribution in [0.1, 0.15) is 0 Å². The molecule has 234 valence electrons. The summed E-state index contributed by atoms with van der Waals surface area (Å²) in [4.78, 5) is 10.4. The quantitative estimate of drug-likeness (QED) is 0.185. The number of nitrogens with zero attached hydrogens (tertiary/aromatic N) is 3. The van der Waals surface area contributed by atoms with Crippen LogP contribution in [0.4, 0.5) is 0 Å². The summed E-state index contributed by atoms with van der Waals surface area (Å²) >= 11 is 1.83. The number of fused-ring (bicyclic) bond motifs is 6. The number of hydrogen-bond acceptors (Lipinski definition) is 3. The second-order valence-electron chi connectivity index (χ2n) is 12.6. The highest BCUT2D eigenvalue weighted by atomic mass is 32.1. The molecule has 0 fully saturated rings. The second kappa shape index (κ2) is 11.7. The van der Waals surface area contributed by atoms with Gasteiger partial charge in [-0.15, -0.1) is 11.3 Å². The van der Waals surface area contributed by atoms with Crippen LogP contribution in [0.2, 0.25) is 0 Å². The van der Waals surface area contributed by atoms with E-state index < -0.39 is 0 Å². The Kier molecular flexibility index (Phi) is 6.68. The third kappa shape index (κ3) is 4.73. The minimum Gasteiger partial charge on any atom is -0.309 e. The summed E-state index contributed by atoms with van der Waals surface area (Å²) in [7, 11) is 0. The van der Waals surface area contributed by atoms with E-state index in [9.17, 15) is 0 Å². The van der Waals surface area contributed by atoms with E-state index in [0.717, 1.165) is 33.8 Å². The van der Waals surface area contributed by atoms with Crippen LogP contribution in [0.25, 0.3) is 92.7 Å². The third-order valence-electron chi connectivity index (χ3n) is 9.60. The molecule has 3 aromatic heterocycles. The van der Waals surface area contributed by atoms with Gasteiger partial charge in [0.1, 0.15) is 0 Å². The van der Waals surface area contributed by atoms with Gasteiger partial charge in [-0.05, 0) is 65.7 Å². The van der Waals surface area contributed by atoms with Crippen LogP contribution in [0.3, 0.4) is 0 Å². The third-order valence-corrected chi connectivity index (χ3v) is 10.7. The standard InChI is InChI=1S/C46H29N3S/c1-4-14-30(15-5-1)39-29-40(31-16-6-2-7-17-31)48-46(47-39)33-27-37(45-36-21-11-13-23-43(36)50-44(45)28-33)32-24-25-42-38(26-32)35-20-10-12-22-41(35)49(42)34-18-8-3-9-19-34/h1-29H. The van der Waals surface area contributed by atoms with Gasteiger partial charge in [0.05, 0.1) is 22.4 Å². The topological polar surface area (TPSA) is 30.7 Å². The zero-order valence-corrected chi connectivity index (χ0v) is 27.8. The van der Waals surface area contributed by atoms with Crippen molar-refractivity contribution in [1.29, 1.82) is 0 Å². The first-order valence-electron chi connectivity index (χ1n) is 16.8. The Balaban J connectivity index is 1.24. The van der Waals surface area contributed by atoms with Crippen molar-refractivity contribution < 1.29 is 0 Å². The van der Waals surface area contributed by atoms with Crippen molar-refractivity contribution in [2.75, 3.05) is 0 Å². The number of hydrogen-bond donors (Lipinski definition) is 0. The molecule has 0 amide bonds. The Morgan fingerprint density at radius 3 is 1.72 bits per heavy atom. The van der Waals surface area contributed by atoms with E-state index in [-0.39, 0.29) is 0 Å². The summed E-state index contributed by atoms with van der Waals surface area (Å²) in [6.07, 6.45) is 0. The Morgan fingerprint density at radius 2 is 1.00 bits per heavy atom. The highest BCUT2D eigenvalue weighted by Gasteiger charge is 2.19. The molecule has 0 spiro atoms. The van der Waals surface area contributed by atoms with Crippen LogP contribution in [-0.2, 0) is 0 Å². The van der Waals surface area contributed by atoms with Crippen molar-refractivity contribution in [3.63, 3.8) is 0 Å². The summed E-state index contributed by atoms with van der Waals surface area (Å²) in [5, 5.41) is 5.00. The van der Waals surface area contributed by atoms with Gasteiger partial charge in [0.25, 0.3) is 0 Å². The highest BCUT2D eigenvalue weighted by Crippen LogP contribution is 2.44. The smallest absolute Gasteiger partial charge is 0.160 e. The summed E-state index contributed by atoms with van der Waals surface area (Å²) in [6.45, 7) is 0. The lowest BCUT2D eigenvalue weighted by atomic mass is 9.95. The molecule has 0 N–H and O–H groups in total. The first-order valence-corrected chi connectivity index (χ1v) is 17.6. The number of para-hydroxylation sites is 2. The Labute approximate surface area is 293 Å². The zero-order chi connectivity index (χ0) is 33.0. The van der Waals surface area contributed by atoms with Gasteiger partial charge >= 0.3 is 0 Å². The van der Waals surface area contributed by atoms with Crippen LogP contribution < -0.4 is 0 Å². The van der Waals surface area contributed by atoms with Gasteiger partial charge in [-0.25, -0.2) is 9.97 Å². The van der Waals surface area contributed by atoms with Gasteiger partial charge in [0.15, 0.2) is 5.82 Å². The number of benzene rings is 7. The van der Waals surface area contributed by atoms with Gasteiger partial charge in [-0.3, -0.25) is 0 Å². The van der Waals surface area contributed by atoms with Gasteiger partial charge in [-0.2, -0.15) is 0 Å². The molecule has 0 aliphatic carbocycles. The SMILES string of the molecule is c1ccc(-c2cc(-c3ccccc3)nc(-c3cc(-c4ccc5c(c4)c4ccccc4n5-c4ccccc4)c4c(c3)sc3ccccc34)n2)cc1. The van der Waals surface area contributed by atoms with Gasteiger partial charge < -0.3 is 4.57 Å². The van der Waals surface area contributed by atoms with Crippen LogP contribution >= 0.6 is 11.3 Å². The molecule has 7 aromatic carbocycles. The van der Waals surface area contributed by atoms with Gasteiger partial charge in [0.2, 0.25) is 0 Å². The molecule has 0 radical (unpaired) electrons. The molecule has 0 saturated carbocycles. The average Bonchev–Trinajstić information content (AvgIpc) is 3.74. The lowest BCUT2D eigenvalue weighted by Gasteiger charge is -2.12. The van der Waals surface area contributed by atoms with E-state index in [0.29, 0.717) is 5.82 Å². The Morgan fingerprint density at radius 1 is 0.400 bits per heavy atom. The number of aromatic nitrogens is 3. The molecular weight excluding hydrogens is 627 g/mol. The first kappa shape index (κ1) is 28.6. The van der Waals surface area contributed by atoms with Crippen molar-refractivity contribution in [2.24, 2.45) is 0 Å². The second-order valence-corrected chi connectivity index (χ2v) is 13.7. The summed E-state index contributed by atoms with van der Waals surface area (Å²) in [5.74, 6) is 0.715. The summed E-state index contributed by atoms with van der Waals surface area (Å²) in [6, 6.07) is 62.5. The Hall–Kier alpha value is -6.36. The van der Waals surface area contributed by atoms with Crippen LogP contribution in [-0.4, -0.2) is 14.5 Å². The lowest BCUT2D eigenvalue weighted by Crippen LogP contribution is -1.96. The molecule has 0 aliphatic rings. The van der Waals surface area contributed by atoms with Crippen molar-refractivity contribution in [3.05, 3.63) is 176 Å². The number of rotatable bonds is 5. The molecule has 0 aliphatic heterocycles. The first-order chi connectivity index (χ1) is 24.8. The summed E-state index contributed by atoms with van der Waals surface area (Å²) < 4.78 is 4.86. The van der Waals surface area contributed by atoms with E-state index in [1.165, 1.54) is 53.1 Å². The molecule has 3 nitrogen and oxygen atoms in total. The predicted molar refractivity (Wildman–Crippen MR) is 211 cm³/mol. The molecule has 10 aromatic rings. The molecule has 0 saturated heterocycles. The highest BCUT2D eigenvalue weighted by molar-refractivity contribution is 7.26. The van der Waals surface area contributed by atoms with Crippen molar-refractivity contribution >= 4 is 53.3 Å². The molecular formula is C46H29N3S. The van der Waals surface area contributed by atoms with E-state index in [4.69, 9.17) is 9.97 Å².